The summed E-state index contributed by atoms with van der Waals surface area (Å²) in [5.74, 6) is -0.175. The second-order valence-electron chi connectivity index (χ2n) is 4.27. The van der Waals surface area contributed by atoms with Crippen LogP contribution >= 0.6 is 0 Å². The van der Waals surface area contributed by atoms with Gasteiger partial charge in [0.05, 0.1) is 13.7 Å². The molecule has 0 bridgehead atoms. The van der Waals surface area contributed by atoms with Crippen LogP contribution in [-0.2, 0) is 16.1 Å². The largest absolute Gasteiger partial charge is 0.468 e. The van der Waals surface area contributed by atoms with E-state index in [0.717, 1.165) is 19.5 Å². The van der Waals surface area contributed by atoms with Gasteiger partial charge in [0.25, 0.3) is 0 Å². The van der Waals surface area contributed by atoms with Crippen molar-refractivity contribution in [2.45, 2.75) is 26.8 Å². The van der Waals surface area contributed by atoms with Crippen molar-refractivity contribution >= 4 is 5.97 Å². The Morgan fingerprint density at radius 1 is 1.29 bits per heavy atom. The molecule has 0 aromatic heterocycles. The summed E-state index contributed by atoms with van der Waals surface area (Å²) in [6, 6.07) is 8.40. The molecule has 0 heterocycles. The summed E-state index contributed by atoms with van der Waals surface area (Å²) < 4.78 is 4.70. The van der Waals surface area contributed by atoms with Crippen molar-refractivity contribution in [3.05, 3.63) is 35.4 Å². The van der Waals surface area contributed by atoms with Crippen LogP contribution in [0.15, 0.2) is 24.3 Å². The zero-order valence-electron chi connectivity index (χ0n) is 10.9. The van der Waals surface area contributed by atoms with E-state index in [1.807, 2.05) is 0 Å². The zero-order chi connectivity index (χ0) is 12.7. The molecule has 3 nitrogen and oxygen atoms in total. The molecule has 0 spiro atoms. The lowest BCUT2D eigenvalue weighted by atomic mass is 10.1. The van der Waals surface area contributed by atoms with Crippen LogP contribution < -0.4 is 0 Å². The van der Waals surface area contributed by atoms with E-state index in [1.165, 1.54) is 18.2 Å². The Labute approximate surface area is 103 Å². The molecular formula is C14H21NO2. The molecule has 0 aliphatic carbocycles. The third-order valence-electron chi connectivity index (χ3n) is 2.65. The third kappa shape index (κ3) is 5.00. The van der Waals surface area contributed by atoms with Gasteiger partial charge in [0.2, 0.25) is 0 Å². The van der Waals surface area contributed by atoms with Gasteiger partial charge >= 0.3 is 5.97 Å². The maximum Gasteiger partial charge on any atom is 0.319 e. The fraction of sp³-hybridized carbons (Fsp3) is 0.500. The lowest BCUT2D eigenvalue weighted by Gasteiger charge is -2.20. The van der Waals surface area contributed by atoms with Gasteiger partial charge in [0, 0.05) is 6.54 Å². The van der Waals surface area contributed by atoms with Crippen LogP contribution in [0.2, 0.25) is 0 Å². The number of esters is 1. The molecule has 17 heavy (non-hydrogen) atoms. The highest BCUT2D eigenvalue weighted by Gasteiger charge is 2.10. The van der Waals surface area contributed by atoms with Gasteiger partial charge < -0.3 is 4.74 Å². The fourth-order valence-electron chi connectivity index (χ4n) is 1.73. The van der Waals surface area contributed by atoms with Crippen molar-refractivity contribution < 1.29 is 9.53 Å². The number of carbonyl (C=O) groups excluding carboxylic acids is 1. The van der Waals surface area contributed by atoms with E-state index in [-0.39, 0.29) is 5.97 Å². The second kappa shape index (κ2) is 7.07. The molecule has 94 valence electrons. The van der Waals surface area contributed by atoms with Crippen LogP contribution in [-0.4, -0.2) is 31.1 Å². The van der Waals surface area contributed by atoms with E-state index >= 15 is 0 Å². The fourth-order valence-corrected chi connectivity index (χ4v) is 1.73. The molecule has 1 rings (SSSR count). The Kier molecular flexibility index (Phi) is 5.70. The van der Waals surface area contributed by atoms with Gasteiger partial charge in [0.15, 0.2) is 0 Å². The van der Waals surface area contributed by atoms with E-state index in [9.17, 15) is 4.79 Å². The van der Waals surface area contributed by atoms with Crippen molar-refractivity contribution in [2.24, 2.45) is 0 Å². The van der Waals surface area contributed by atoms with Crippen LogP contribution in [0.4, 0.5) is 0 Å². The van der Waals surface area contributed by atoms with Gasteiger partial charge in [-0.1, -0.05) is 36.8 Å². The smallest absolute Gasteiger partial charge is 0.319 e. The maximum atomic E-state index is 11.3. The lowest BCUT2D eigenvalue weighted by Crippen LogP contribution is -2.30. The van der Waals surface area contributed by atoms with E-state index in [0.29, 0.717) is 6.54 Å². The number of benzene rings is 1. The number of hydrogen-bond acceptors (Lipinski definition) is 3. The van der Waals surface area contributed by atoms with Crippen molar-refractivity contribution in [1.82, 2.24) is 4.90 Å². The van der Waals surface area contributed by atoms with Crippen LogP contribution in [0.3, 0.4) is 0 Å². The monoisotopic (exact) mass is 235 g/mol. The maximum absolute atomic E-state index is 11.3. The average Bonchev–Trinajstić information content (AvgIpc) is 2.32. The molecule has 0 amide bonds. The first kappa shape index (κ1) is 13.7. The summed E-state index contributed by atoms with van der Waals surface area (Å²) in [5.41, 5.74) is 2.48. The van der Waals surface area contributed by atoms with E-state index in [4.69, 9.17) is 4.74 Å². The lowest BCUT2D eigenvalue weighted by molar-refractivity contribution is -0.142. The molecule has 1 aromatic carbocycles. The number of methoxy groups -OCH3 is 1. The van der Waals surface area contributed by atoms with Crippen molar-refractivity contribution in [3.63, 3.8) is 0 Å². The summed E-state index contributed by atoms with van der Waals surface area (Å²) in [6.07, 6.45) is 1.03. The highest BCUT2D eigenvalue weighted by atomic mass is 16.5. The van der Waals surface area contributed by atoms with Gasteiger partial charge in [-0.2, -0.15) is 0 Å². The molecule has 0 unspecified atom stereocenters. The quantitative estimate of drug-likeness (QED) is 0.709. The van der Waals surface area contributed by atoms with Gasteiger partial charge in [-0.25, -0.2) is 0 Å². The minimum absolute atomic E-state index is 0.175. The first-order valence-corrected chi connectivity index (χ1v) is 6.00. The van der Waals surface area contributed by atoms with Crippen molar-refractivity contribution in [3.8, 4) is 0 Å². The van der Waals surface area contributed by atoms with Gasteiger partial charge in [-0.3, -0.25) is 9.69 Å². The summed E-state index contributed by atoms with van der Waals surface area (Å²) in [4.78, 5) is 13.4. The van der Waals surface area contributed by atoms with Crippen LogP contribution in [0.5, 0.6) is 0 Å². The first-order chi connectivity index (χ1) is 8.15. The van der Waals surface area contributed by atoms with E-state index in [2.05, 4.69) is 43.0 Å². The highest BCUT2D eigenvalue weighted by molar-refractivity contribution is 5.71. The normalized spacial score (nSPS) is 10.6. The summed E-state index contributed by atoms with van der Waals surface area (Å²) in [5, 5.41) is 0. The molecular weight excluding hydrogens is 214 g/mol. The Balaban J connectivity index is 2.59. The van der Waals surface area contributed by atoms with Gasteiger partial charge in [-0.15, -0.1) is 0 Å². The van der Waals surface area contributed by atoms with Crippen LogP contribution in [0.1, 0.15) is 24.5 Å². The Morgan fingerprint density at radius 3 is 2.47 bits per heavy atom. The molecule has 0 atom stereocenters. The Hall–Kier alpha value is -1.35. The summed E-state index contributed by atoms with van der Waals surface area (Å²) in [6.45, 7) is 6.24. The number of ether oxygens (including phenoxy) is 1. The second-order valence-corrected chi connectivity index (χ2v) is 4.27. The van der Waals surface area contributed by atoms with Gasteiger partial charge in [0.1, 0.15) is 0 Å². The Morgan fingerprint density at radius 2 is 1.94 bits per heavy atom. The number of rotatable bonds is 6. The standard InChI is InChI=1S/C14H21NO2/c1-4-9-15(11-14(16)17-3)10-13-7-5-12(2)6-8-13/h5-8H,4,9-11H2,1-3H3. The summed E-state index contributed by atoms with van der Waals surface area (Å²) in [7, 11) is 1.43. The predicted molar refractivity (Wildman–Crippen MR) is 68.8 cm³/mol. The predicted octanol–water partition coefficient (Wildman–Crippen LogP) is 2.38. The topological polar surface area (TPSA) is 29.5 Å². The minimum atomic E-state index is -0.175. The molecule has 3 heteroatoms. The molecule has 0 radical (unpaired) electrons. The van der Waals surface area contributed by atoms with E-state index < -0.39 is 0 Å². The molecule has 0 saturated heterocycles. The molecule has 1 aromatic rings. The van der Waals surface area contributed by atoms with Crippen LogP contribution in [0, 0.1) is 6.92 Å². The Bertz CT molecular complexity index is 346. The highest BCUT2D eigenvalue weighted by Crippen LogP contribution is 2.07. The number of aryl methyl sites for hydroxylation is 1. The number of carbonyl (C=O) groups is 1. The number of hydrogen-bond donors (Lipinski definition) is 0. The average molecular weight is 235 g/mol. The van der Waals surface area contributed by atoms with Crippen molar-refractivity contribution in [2.75, 3.05) is 20.2 Å². The van der Waals surface area contributed by atoms with Crippen LogP contribution in [0.25, 0.3) is 0 Å². The summed E-state index contributed by atoms with van der Waals surface area (Å²) >= 11 is 0. The van der Waals surface area contributed by atoms with Gasteiger partial charge in [-0.05, 0) is 25.5 Å². The first-order valence-electron chi connectivity index (χ1n) is 6.00. The molecule has 0 fully saturated rings. The van der Waals surface area contributed by atoms with Crippen molar-refractivity contribution in [1.29, 1.82) is 0 Å². The third-order valence-corrected chi connectivity index (χ3v) is 2.65. The minimum Gasteiger partial charge on any atom is -0.468 e. The number of nitrogens with zero attached hydrogens (tertiary/aromatic N) is 1. The molecule has 0 aliphatic rings. The molecule has 0 aliphatic heterocycles. The van der Waals surface area contributed by atoms with E-state index in [1.54, 1.807) is 0 Å². The molecule has 0 N–H and O–H groups in total. The SMILES string of the molecule is CCCN(CC(=O)OC)Cc1ccc(C)cc1. The molecule has 0 saturated carbocycles. The zero-order valence-corrected chi connectivity index (χ0v) is 10.9.